The Kier molecular flexibility index (Phi) is 2.51. The number of rotatable bonds is 4. The van der Waals surface area contributed by atoms with Crippen molar-refractivity contribution < 1.29 is 0 Å². The highest BCUT2D eigenvalue weighted by Crippen LogP contribution is 2.41. The molecule has 2 aromatic heterocycles. The van der Waals surface area contributed by atoms with Crippen LogP contribution >= 0.6 is 0 Å². The van der Waals surface area contributed by atoms with Crippen molar-refractivity contribution in [2.75, 3.05) is 5.73 Å². The molecule has 0 aromatic carbocycles. The van der Waals surface area contributed by atoms with E-state index >= 15 is 0 Å². The number of anilines is 1. The zero-order chi connectivity index (χ0) is 11.7. The van der Waals surface area contributed by atoms with Crippen molar-refractivity contribution >= 4 is 5.82 Å². The van der Waals surface area contributed by atoms with Gasteiger partial charge in [0.1, 0.15) is 0 Å². The number of pyridine rings is 1. The average molecular weight is 229 g/mol. The smallest absolute Gasteiger partial charge is 0.169 e. The van der Waals surface area contributed by atoms with E-state index in [4.69, 9.17) is 5.73 Å². The maximum atomic E-state index is 5.84. The van der Waals surface area contributed by atoms with E-state index in [2.05, 4.69) is 15.3 Å². The monoisotopic (exact) mass is 229 g/mol. The molecule has 0 radical (unpaired) electrons. The molecule has 0 saturated heterocycles. The average Bonchev–Trinajstić information content (AvgIpc) is 3.12. The number of hydrogen-bond donors (Lipinski definition) is 1. The molecule has 3 rings (SSSR count). The quantitative estimate of drug-likeness (QED) is 0.859. The van der Waals surface area contributed by atoms with Crippen LogP contribution in [-0.2, 0) is 13.0 Å². The summed E-state index contributed by atoms with van der Waals surface area (Å²) in [6, 6.07) is 5.95. The largest absolute Gasteiger partial charge is 0.381 e. The summed E-state index contributed by atoms with van der Waals surface area (Å²) in [4.78, 5) is 4.30. The van der Waals surface area contributed by atoms with Crippen LogP contribution in [0.3, 0.4) is 0 Å². The number of aryl methyl sites for hydroxylation is 2. The lowest BCUT2D eigenvalue weighted by molar-refractivity contribution is 0.561. The Bertz CT molecular complexity index is 501. The summed E-state index contributed by atoms with van der Waals surface area (Å²) >= 11 is 0. The zero-order valence-corrected chi connectivity index (χ0v) is 9.58. The fraction of sp³-hybridized carbons (Fsp3) is 0.417. The Labute approximate surface area is 99.7 Å². The Balaban J connectivity index is 1.73. The highest BCUT2D eigenvalue weighted by Gasteiger charge is 2.30. The van der Waals surface area contributed by atoms with Crippen LogP contribution in [0.2, 0.25) is 0 Å². The van der Waals surface area contributed by atoms with Gasteiger partial charge in [0.15, 0.2) is 5.82 Å². The molecule has 2 N–H and O–H groups in total. The maximum absolute atomic E-state index is 5.84. The van der Waals surface area contributed by atoms with E-state index in [0.717, 1.165) is 24.4 Å². The van der Waals surface area contributed by atoms with Gasteiger partial charge in [-0.1, -0.05) is 11.3 Å². The predicted molar refractivity (Wildman–Crippen MR) is 64.4 cm³/mol. The van der Waals surface area contributed by atoms with E-state index in [9.17, 15) is 0 Å². The first-order chi connectivity index (χ1) is 8.34. The van der Waals surface area contributed by atoms with Gasteiger partial charge in [-0.15, -0.1) is 5.10 Å². The second-order valence-corrected chi connectivity index (χ2v) is 4.43. The standard InChI is InChI=1S/C12H15N5/c13-12-11(9-4-5-9)17(16-15-12)8-6-10-3-1-2-7-14-10/h1-3,7,9H,4-6,8,13H2. The number of nitrogen functional groups attached to an aromatic ring is 1. The van der Waals surface area contributed by atoms with E-state index in [-0.39, 0.29) is 0 Å². The van der Waals surface area contributed by atoms with Crippen LogP contribution in [0.15, 0.2) is 24.4 Å². The highest BCUT2D eigenvalue weighted by molar-refractivity contribution is 5.38. The van der Waals surface area contributed by atoms with Gasteiger partial charge in [0.2, 0.25) is 0 Å². The number of nitrogens with two attached hydrogens (primary N) is 1. The summed E-state index contributed by atoms with van der Waals surface area (Å²) in [6.07, 6.45) is 5.10. The summed E-state index contributed by atoms with van der Waals surface area (Å²) in [5, 5.41) is 8.07. The summed E-state index contributed by atoms with van der Waals surface area (Å²) in [5.74, 6) is 1.17. The molecule has 0 bridgehead atoms. The molecule has 1 aliphatic rings. The van der Waals surface area contributed by atoms with E-state index in [1.807, 2.05) is 29.1 Å². The van der Waals surface area contributed by atoms with Crippen LogP contribution in [0, 0.1) is 0 Å². The zero-order valence-electron chi connectivity index (χ0n) is 9.58. The molecule has 17 heavy (non-hydrogen) atoms. The third-order valence-corrected chi connectivity index (χ3v) is 3.07. The van der Waals surface area contributed by atoms with Gasteiger partial charge in [0.25, 0.3) is 0 Å². The molecule has 0 atom stereocenters. The van der Waals surface area contributed by atoms with Crippen molar-refractivity contribution in [1.29, 1.82) is 0 Å². The van der Waals surface area contributed by atoms with Gasteiger partial charge in [0.05, 0.1) is 5.69 Å². The molecule has 2 heterocycles. The fourth-order valence-electron chi connectivity index (χ4n) is 2.04. The summed E-state index contributed by atoms with van der Waals surface area (Å²) in [7, 11) is 0. The molecule has 0 amide bonds. The minimum atomic E-state index is 0.578. The third kappa shape index (κ3) is 2.13. The highest BCUT2D eigenvalue weighted by atomic mass is 15.4. The fourth-order valence-corrected chi connectivity index (χ4v) is 2.04. The van der Waals surface area contributed by atoms with E-state index < -0.39 is 0 Å². The predicted octanol–water partition coefficient (Wildman–Crippen LogP) is 1.38. The number of hydrogen-bond acceptors (Lipinski definition) is 4. The molecule has 0 spiro atoms. The normalized spacial score (nSPS) is 15.1. The first-order valence-corrected chi connectivity index (χ1v) is 5.93. The number of nitrogens with zero attached hydrogens (tertiary/aromatic N) is 4. The van der Waals surface area contributed by atoms with Crippen LogP contribution in [0.4, 0.5) is 5.82 Å². The molecular weight excluding hydrogens is 214 g/mol. The van der Waals surface area contributed by atoms with Crippen molar-refractivity contribution in [2.45, 2.75) is 31.7 Å². The molecule has 2 aromatic rings. The molecule has 1 aliphatic carbocycles. The molecule has 88 valence electrons. The lowest BCUT2D eigenvalue weighted by Crippen LogP contribution is -2.08. The van der Waals surface area contributed by atoms with Crippen molar-refractivity contribution in [2.24, 2.45) is 0 Å². The molecule has 5 heteroatoms. The topological polar surface area (TPSA) is 69.6 Å². The van der Waals surface area contributed by atoms with Crippen LogP contribution < -0.4 is 5.73 Å². The lowest BCUT2D eigenvalue weighted by atomic mass is 10.2. The van der Waals surface area contributed by atoms with Gasteiger partial charge in [-0.05, 0) is 25.0 Å². The molecule has 1 saturated carbocycles. The first kappa shape index (κ1) is 10.3. The van der Waals surface area contributed by atoms with Crippen molar-refractivity contribution in [1.82, 2.24) is 20.0 Å². The SMILES string of the molecule is Nc1nnn(CCc2ccccn2)c1C1CC1. The second-order valence-electron chi connectivity index (χ2n) is 4.43. The summed E-state index contributed by atoms with van der Waals surface area (Å²) in [5.41, 5.74) is 8.03. The minimum Gasteiger partial charge on any atom is -0.381 e. The van der Waals surface area contributed by atoms with E-state index in [1.165, 1.54) is 12.8 Å². The summed E-state index contributed by atoms with van der Waals surface area (Å²) < 4.78 is 1.93. The molecule has 0 unspecified atom stereocenters. The van der Waals surface area contributed by atoms with E-state index in [0.29, 0.717) is 11.7 Å². The second kappa shape index (κ2) is 4.16. The first-order valence-electron chi connectivity index (χ1n) is 5.93. The van der Waals surface area contributed by atoms with Gasteiger partial charge >= 0.3 is 0 Å². The van der Waals surface area contributed by atoms with Crippen molar-refractivity contribution in [3.8, 4) is 0 Å². The van der Waals surface area contributed by atoms with Crippen LogP contribution in [0.1, 0.15) is 30.1 Å². The van der Waals surface area contributed by atoms with Crippen molar-refractivity contribution in [3.63, 3.8) is 0 Å². The lowest BCUT2D eigenvalue weighted by Gasteiger charge is -2.05. The van der Waals surface area contributed by atoms with Gasteiger partial charge in [-0.25, -0.2) is 4.68 Å². The van der Waals surface area contributed by atoms with Crippen LogP contribution in [0.25, 0.3) is 0 Å². The van der Waals surface area contributed by atoms with Gasteiger partial charge in [-0.3, -0.25) is 4.98 Å². The maximum Gasteiger partial charge on any atom is 0.169 e. The Morgan fingerprint density at radius 3 is 2.94 bits per heavy atom. The molecular formula is C12H15N5. The molecule has 5 nitrogen and oxygen atoms in total. The van der Waals surface area contributed by atoms with Gasteiger partial charge in [-0.2, -0.15) is 0 Å². The van der Waals surface area contributed by atoms with Gasteiger partial charge in [0, 0.05) is 30.8 Å². The third-order valence-electron chi connectivity index (χ3n) is 3.07. The Hall–Kier alpha value is -1.91. The number of aromatic nitrogens is 4. The molecule has 1 fully saturated rings. The van der Waals surface area contributed by atoms with Gasteiger partial charge < -0.3 is 5.73 Å². The summed E-state index contributed by atoms with van der Waals surface area (Å²) in [6.45, 7) is 0.799. The minimum absolute atomic E-state index is 0.578. The van der Waals surface area contributed by atoms with Crippen LogP contribution in [0.5, 0.6) is 0 Å². The Morgan fingerprint density at radius 2 is 2.24 bits per heavy atom. The van der Waals surface area contributed by atoms with E-state index in [1.54, 1.807) is 0 Å². The van der Waals surface area contributed by atoms with Crippen molar-refractivity contribution in [3.05, 3.63) is 35.8 Å². The Morgan fingerprint density at radius 1 is 1.35 bits per heavy atom. The van der Waals surface area contributed by atoms with Crippen LogP contribution in [-0.4, -0.2) is 20.0 Å². The molecule has 0 aliphatic heterocycles.